The van der Waals surface area contributed by atoms with Gasteiger partial charge in [0.05, 0.1) is 18.8 Å². The van der Waals surface area contributed by atoms with Crippen LogP contribution in [-0.4, -0.2) is 43.2 Å². The molecule has 1 heterocycles. The van der Waals surface area contributed by atoms with E-state index in [4.69, 9.17) is 16.3 Å². The maximum Gasteiger partial charge on any atom is 0.222 e. The Morgan fingerprint density at radius 2 is 2.29 bits per heavy atom. The van der Waals surface area contributed by atoms with E-state index in [2.05, 4.69) is 10.2 Å². The zero-order valence-electron chi connectivity index (χ0n) is 14.5. The van der Waals surface area contributed by atoms with Crippen LogP contribution in [0, 0.1) is 11.7 Å². The van der Waals surface area contributed by atoms with Gasteiger partial charge in [-0.15, -0.1) is 0 Å². The smallest absolute Gasteiger partial charge is 0.222 e. The lowest BCUT2D eigenvalue weighted by molar-refractivity contribution is -0.125. The van der Waals surface area contributed by atoms with Crippen molar-refractivity contribution in [3.05, 3.63) is 34.6 Å². The summed E-state index contributed by atoms with van der Waals surface area (Å²) >= 11 is 6.27. The van der Waals surface area contributed by atoms with Gasteiger partial charge in [0.1, 0.15) is 5.82 Å². The lowest BCUT2D eigenvalue weighted by atomic mass is 10.0. The summed E-state index contributed by atoms with van der Waals surface area (Å²) in [5.41, 5.74) is 0.442. The molecule has 1 fully saturated rings. The Labute approximate surface area is 148 Å². The van der Waals surface area contributed by atoms with E-state index in [1.165, 1.54) is 6.07 Å². The van der Waals surface area contributed by atoms with Gasteiger partial charge < -0.3 is 10.1 Å². The molecule has 0 bridgehead atoms. The lowest BCUT2D eigenvalue weighted by Crippen LogP contribution is -2.47. The minimum absolute atomic E-state index is 0.0173. The van der Waals surface area contributed by atoms with Crippen molar-refractivity contribution in [2.45, 2.75) is 39.3 Å². The van der Waals surface area contributed by atoms with E-state index in [1.54, 1.807) is 12.1 Å². The zero-order valence-corrected chi connectivity index (χ0v) is 15.3. The van der Waals surface area contributed by atoms with Gasteiger partial charge in [-0.3, -0.25) is 9.69 Å². The first-order valence-electron chi connectivity index (χ1n) is 8.51. The minimum Gasteiger partial charge on any atom is -0.376 e. The van der Waals surface area contributed by atoms with Crippen LogP contribution in [0.5, 0.6) is 0 Å². The molecule has 1 amide bonds. The quantitative estimate of drug-likeness (QED) is 0.849. The van der Waals surface area contributed by atoms with Crippen LogP contribution >= 0.6 is 11.6 Å². The molecule has 3 atom stereocenters. The van der Waals surface area contributed by atoms with Crippen molar-refractivity contribution in [3.63, 3.8) is 0 Å². The molecule has 0 spiro atoms. The molecule has 1 N–H and O–H groups in total. The first-order valence-corrected chi connectivity index (χ1v) is 8.89. The first-order chi connectivity index (χ1) is 11.4. The largest absolute Gasteiger partial charge is 0.376 e. The molecule has 134 valence electrons. The molecule has 6 heteroatoms. The highest BCUT2D eigenvalue weighted by atomic mass is 35.5. The second-order valence-electron chi connectivity index (χ2n) is 6.38. The fraction of sp³-hybridized carbons (Fsp3) is 0.611. The van der Waals surface area contributed by atoms with Gasteiger partial charge in [-0.1, -0.05) is 31.5 Å². The molecule has 1 saturated heterocycles. The molecule has 4 nitrogen and oxygen atoms in total. The third kappa shape index (κ3) is 4.68. The number of hydrogen-bond acceptors (Lipinski definition) is 3. The van der Waals surface area contributed by atoms with Gasteiger partial charge in [0.2, 0.25) is 5.91 Å². The molecular formula is C18H26ClFN2O2. The molecule has 0 saturated carbocycles. The molecule has 1 aromatic carbocycles. The number of carbonyl (C=O) groups excluding carboxylic acids is 1. The highest BCUT2D eigenvalue weighted by Crippen LogP contribution is 2.31. The summed E-state index contributed by atoms with van der Waals surface area (Å²) in [5.74, 6) is -0.425. The number of ether oxygens (including phenoxy) is 1. The summed E-state index contributed by atoms with van der Waals surface area (Å²) in [6.07, 6.45) is 0.836. The fourth-order valence-electron chi connectivity index (χ4n) is 2.93. The third-order valence-electron chi connectivity index (χ3n) is 4.58. The van der Waals surface area contributed by atoms with Crippen molar-refractivity contribution >= 4 is 17.5 Å². The van der Waals surface area contributed by atoms with E-state index < -0.39 is 0 Å². The number of hydrogen-bond donors (Lipinski definition) is 1. The maximum absolute atomic E-state index is 14.4. The zero-order chi connectivity index (χ0) is 17.7. The van der Waals surface area contributed by atoms with Gasteiger partial charge in [0, 0.05) is 36.1 Å². The molecule has 0 aromatic heterocycles. The fourth-order valence-corrected chi connectivity index (χ4v) is 3.22. The average molecular weight is 357 g/mol. The Hall–Kier alpha value is -1.17. The Morgan fingerprint density at radius 3 is 2.92 bits per heavy atom. The summed E-state index contributed by atoms with van der Waals surface area (Å²) in [4.78, 5) is 14.3. The Bertz CT molecular complexity index is 550. The SMILES string of the molecule is CC[C@H](C)C(=O)NC[C@H](c1c(F)cccc1Cl)N1CCO[C@@H](C)C1. The van der Waals surface area contributed by atoms with E-state index in [1.807, 2.05) is 20.8 Å². The summed E-state index contributed by atoms with van der Waals surface area (Å²) in [6.45, 7) is 8.12. The summed E-state index contributed by atoms with van der Waals surface area (Å²) in [6, 6.07) is 4.39. The predicted molar refractivity (Wildman–Crippen MR) is 93.6 cm³/mol. The van der Waals surface area contributed by atoms with Gasteiger partial charge in [0.15, 0.2) is 0 Å². The number of halogens is 2. The Balaban J connectivity index is 2.23. The number of morpholine rings is 1. The van der Waals surface area contributed by atoms with E-state index in [0.717, 1.165) is 6.42 Å². The number of rotatable bonds is 6. The first kappa shape index (κ1) is 19.2. The monoisotopic (exact) mass is 356 g/mol. The van der Waals surface area contributed by atoms with Gasteiger partial charge >= 0.3 is 0 Å². The van der Waals surface area contributed by atoms with E-state index >= 15 is 0 Å². The van der Waals surface area contributed by atoms with Crippen LogP contribution in [0.4, 0.5) is 4.39 Å². The minimum atomic E-state index is -0.343. The molecule has 0 aliphatic carbocycles. The molecule has 0 radical (unpaired) electrons. The van der Waals surface area contributed by atoms with Gasteiger partial charge in [-0.2, -0.15) is 0 Å². The molecule has 0 unspecified atom stereocenters. The van der Waals surface area contributed by atoms with Crippen molar-refractivity contribution in [2.24, 2.45) is 5.92 Å². The van der Waals surface area contributed by atoms with Crippen LogP contribution in [0.2, 0.25) is 5.02 Å². The molecule has 1 aliphatic heterocycles. The second kappa shape index (κ2) is 8.79. The molecule has 24 heavy (non-hydrogen) atoms. The van der Waals surface area contributed by atoms with Crippen LogP contribution < -0.4 is 5.32 Å². The third-order valence-corrected chi connectivity index (χ3v) is 4.91. The van der Waals surface area contributed by atoms with E-state index in [-0.39, 0.29) is 29.8 Å². The van der Waals surface area contributed by atoms with Crippen molar-refractivity contribution in [3.8, 4) is 0 Å². The van der Waals surface area contributed by atoms with Crippen LogP contribution in [0.1, 0.15) is 38.8 Å². The van der Waals surface area contributed by atoms with Crippen LogP contribution in [0.25, 0.3) is 0 Å². The highest BCUT2D eigenvalue weighted by Gasteiger charge is 2.29. The van der Waals surface area contributed by atoms with Crippen molar-refractivity contribution < 1.29 is 13.9 Å². The molecule has 1 aliphatic rings. The number of nitrogens with zero attached hydrogens (tertiary/aromatic N) is 1. The predicted octanol–water partition coefficient (Wildman–Crippen LogP) is 3.40. The summed E-state index contributed by atoms with van der Waals surface area (Å²) in [7, 11) is 0. The highest BCUT2D eigenvalue weighted by molar-refractivity contribution is 6.31. The van der Waals surface area contributed by atoms with Crippen molar-refractivity contribution in [1.29, 1.82) is 0 Å². The number of benzene rings is 1. The summed E-state index contributed by atoms with van der Waals surface area (Å²) < 4.78 is 20.0. The number of amides is 1. The van der Waals surface area contributed by atoms with Crippen LogP contribution in [-0.2, 0) is 9.53 Å². The van der Waals surface area contributed by atoms with Gasteiger partial charge in [0.25, 0.3) is 0 Å². The topological polar surface area (TPSA) is 41.6 Å². The maximum atomic E-state index is 14.4. The Kier molecular flexibility index (Phi) is 7.02. The van der Waals surface area contributed by atoms with Gasteiger partial charge in [-0.05, 0) is 25.5 Å². The average Bonchev–Trinajstić information content (AvgIpc) is 2.56. The lowest BCUT2D eigenvalue weighted by Gasteiger charge is -2.38. The number of carbonyl (C=O) groups is 1. The molecule has 1 aromatic rings. The van der Waals surface area contributed by atoms with Gasteiger partial charge in [-0.25, -0.2) is 4.39 Å². The van der Waals surface area contributed by atoms with Crippen LogP contribution in [0.3, 0.4) is 0 Å². The molecule has 2 rings (SSSR count). The molecular weight excluding hydrogens is 331 g/mol. The number of nitrogens with one attached hydrogen (secondary N) is 1. The second-order valence-corrected chi connectivity index (χ2v) is 6.79. The van der Waals surface area contributed by atoms with E-state index in [9.17, 15) is 9.18 Å². The van der Waals surface area contributed by atoms with E-state index in [0.29, 0.717) is 36.8 Å². The Morgan fingerprint density at radius 1 is 1.54 bits per heavy atom. The normalized spacial score (nSPS) is 21.3. The van der Waals surface area contributed by atoms with Crippen LogP contribution in [0.15, 0.2) is 18.2 Å². The summed E-state index contributed by atoms with van der Waals surface area (Å²) in [5, 5.41) is 3.34. The van der Waals surface area contributed by atoms with Crippen molar-refractivity contribution in [2.75, 3.05) is 26.2 Å². The standard InChI is InChI=1S/C18H26ClFN2O2/c1-4-12(2)18(23)21-10-16(22-8-9-24-13(3)11-22)17-14(19)6-5-7-15(17)20/h5-7,12-13,16H,4,8-11H2,1-3H3,(H,21,23)/t12-,13-,16+/m0/s1. The van der Waals surface area contributed by atoms with Crippen molar-refractivity contribution in [1.82, 2.24) is 10.2 Å².